The van der Waals surface area contributed by atoms with E-state index in [-0.39, 0.29) is 29.2 Å². The average molecular weight is 296 g/mol. The number of alkyl halides is 2. The lowest BCUT2D eigenvalue weighted by Crippen LogP contribution is -2.57. The molecule has 2 rings (SSSR count). The van der Waals surface area contributed by atoms with Crippen molar-refractivity contribution in [3.05, 3.63) is 11.6 Å². The molecular formula is C16H22F2N2O. The molecule has 0 aromatic rings. The number of carbonyl (C=O) groups is 1. The van der Waals surface area contributed by atoms with Crippen LogP contribution < -0.4 is 0 Å². The Kier molecular flexibility index (Phi) is 4.21. The molecule has 1 saturated heterocycles. The lowest BCUT2D eigenvalue weighted by atomic mass is 9.53. The molecule has 116 valence electrons. The highest BCUT2D eigenvalue weighted by molar-refractivity contribution is 6.04. The minimum absolute atomic E-state index is 0.105. The maximum absolute atomic E-state index is 12.7. The van der Waals surface area contributed by atoms with E-state index in [0.717, 1.165) is 6.42 Å². The van der Waals surface area contributed by atoms with Crippen molar-refractivity contribution in [1.82, 2.24) is 4.90 Å². The van der Waals surface area contributed by atoms with Gasteiger partial charge in [0, 0.05) is 17.4 Å². The van der Waals surface area contributed by atoms with Crippen LogP contribution in [0.4, 0.5) is 8.78 Å². The van der Waals surface area contributed by atoms with E-state index in [0.29, 0.717) is 19.5 Å². The molecule has 0 N–H and O–H groups in total. The third-order valence-corrected chi connectivity index (χ3v) is 5.25. The third kappa shape index (κ3) is 2.62. The van der Waals surface area contributed by atoms with Crippen LogP contribution in [0.3, 0.4) is 0 Å². The van der Waals surface area contributed by atoms with Gasteiger partial charge >= 0.3 is 0 Å². The van der Waals surface area contributed by atoms with Crippen LogP contribution >= 0.6 is 0 Å². The Morgan fingerprint density at radius 2 is 2.19 bits per heavy atom. The number of allylic oxidation sites excluding steroid dienone is 1. The molecule has 0 spiro atoms. The number of carbonyl (C=O) groups excluding carboxylic acids is 1. The maximum Gasteiger partial charge on any atom is 0.251 e. The van der Waals surface area contributed by atoms with E-state index in [1.165, 1.54) is 0 Å². The SMILES string of the molecule is CC[C@]12C=C(C#N)C(=O)C(C)(C)[C@@H]1CCN(CC(F)F)C2. The first-order chi connectivity index (χ1) is 9.76. The van der Waals surface area contributed by atoms with Crippen LogP contribution in [0.15, 0.2) is 11.6 Å². The van der Waals surface area contributed by atoms with Crippen molar-refractivity contribution >= 4 is 5.78 Å². The molecule has 1 aliphatic heterocycles. The van der Waals surface area contributed by atoms with E-state index in [2.05, 4.69) is 0 Å². The minimum atomic E-state index is -2.35. The van der Waals surface area contributed by atoms with Gasteiger partial charge in [0.2, 0.25) is 0 Å². The largest absolute Gasteiger partial charge is 0.297 e. The number of nitriles is 1. The zero-order valence-electron chi connectivity index (χ0n) is 12.8. The average Bonchev–Trinajstić information content (AvgIpc) is 2.42. The van der Waals surface area contributed by atoms with Gasteiger partial charge in [0.25, 0.3) is 6.43 Å². The number of hydrogen-bond donors (Lipinski definition) is 0. The van der Waals surface area contributed by atoms with Crippen LogP contribution in [-0.2, 0) is 4.79 Å². The van der Waals surface area contributed by atoms with Gasteiger partial charge in [-0.15, -0.1) is 0 Å². The molecule has 0 amide bonds. The third-order valence-electron chi connectivity index (χ3n) is 5.25. The lowest BCUT2D eigenvalue weighted by molar-refractivity contribution is -0.133. The summed E-state index contributed by atoms with van der Waals surface area (Å²) in [6.45, 7) is 6.63. The fourth-order valence-electron chi connectivity index (χ4n) is 4.18. The first-order valence-corrected chi connectivity index (χ1v) is 7.45. The summed E-state index contributed by atoms with van der Waals surface area (Å²) in [4.78, 5) is 14.2. The lowest BCUT2D eigenvalue weighted by Gasteiger charge is -2.54. The summed E-state index contributed by atoms with van der Waals surface area (Å²) in [5.41, 5.74) is -0.764. The summed E-state index contributed by atoms with van der Waals surface area (Å²) >= 11 is 0. The van der Waals surface area contributed by atoms with Crippen molar-refractivity contribution < 1.29 is 13.6 Å². The Labute approximate surface area is 124 Å². The zero-order valence-corrected chi connectivity index (χ0v) is 12.8. The van der Waals surface area contributed by atoms with Crippen molar-refractivity contribution in [1.29, 1.82) is 5.26 Å². The van der Waals surface area contributed by atoms with Crippen LogP contribution in [0.2, 0.25) is 0 Å². The van der Waals surface area contributed by atoms with Gasteiger partial charge in [-0.3, -0.25) is 9.69 Å². The number of hydrogen-bond acceptors (Lipinski definition) is 3. The second-order valence-corrected chi connectivity index (χ2v) is 6.77. The maximum atomic E-state index is 12.7. The van der Waals surface area contributed by atoms with Crippen molar-refractivity contribution in [2.24, 2.45) is 16.7 Å². The molecule has 3 nitrogen and oxygen atoms in total. The van der Waals surface area contributed by atoms with E-state index < -0.39 is 11.8 Å². The molecular weight excluding hydrogens is 274 g/mol. The smallest absolute Gasteiger partial charge is 0.251 e. The molecule has 2 atom stereocenters. The van der Waals surface area contributed by atoms with Crippen LogP contribution in [0.5, 0.6) is 0 Å². The topological polar surface area (TPSA) is 44.1 Å². The van der Waals surface area contributed by atoms with Gasteiger partial charge in [0.1, 0.15) is 6.07 Å². The molecule has 1 heterocycles. The highest BCUT2D eigenvalue weighted by Crippen LogP contribution is 2.53. The Balaban J connectivity index is 2.41. The Bertz CT molecular complexity index is 507. The molecule has 2 aliphatic rings. The van der Waals surface area contributed by atoms with E-state index in [9.17, 15) is 18.8 Å². The number of halogens is 2. The summed E-state index contributed by atoms with van der Waals surface area (Å²) in [5, 5.41) is 9.23. The summed E-state index contributed by atoms with van der Waals surface area (Å²) in [5.74, 6) is -0.00472. The Morgan fingerprint density at radius 1 is 1.52 bits per heavy atom. The minimum Gasteiger partial charge on any atom is -0.297 e. The van der Waals surface area contributed by atoms with Crippen LogP contribution in [0, 0.1) is 28.1 Å². The van der Waals surface area contributed by atoms with Gasteiger partial charge in [-0.25, -0.2) is 8.78 Å². The second-order valence-electron chi connectivity index (χ2n) is 6.77. The predicted molar refractivity (Wildman–Crippen MR) is 75.8 cm³/mol. The Hall–Kier alpha value is -1.28. The van der Waals surface area contributed by atoms with Crippen molar-refractivity contribution in [2.45, 2.75) is 40.0 Å². The van der Waals surface area contributed by atoms with E-state index in [1.54, 1.807) is 11.0 Å². The molecule has 0 aromatic carbocycles. The highest BCUT2D eigenvalue weighted by Gasteiger charge is 2.54. The molecule has 0 bridgehead atoms. The van der Waals surface area contributed by atoms with Gasteiger partial charge in [-0.05, 0) is 25.3 Å². The second kappa shape index (κ2) is 5.49. The summed E-state index contributed by atoms with van der Waals surface area (Å²) < 4.78 is 25.3. The number of ketones is 1. The standard InChI is InChI=1S/C16H22F2N2O/c1-4-16-7-11(8-19)14(21)15(2,3)12(16)5-6-20(10-16)9-13(17)18/h7,12-13H,4-6,9-10H2,1-3H3/t12-,16+/m0/s1. The van der Waals surface area contributed by atoms with Crippen molar-refractivity contribution in [3.63, 3.8) is 0 Å². The molecule has 5 heteroatoms. The number of Topliss-reactive ketones (excluding diaryl/α,β-unsaturated/α-hetero) is 1. The first-order valence-electron chi connectivity index (χ1n) is 7.45. The van der Waals surface area contributed by atoms with Gasteiger partial charge in [0.15, 0.2) is 5.78 Å². The quantitative estimate of drug-likeness (QED) is 0.804. The van der Waals surface area contributed by atoms with Crippen molar-refractivity contribution in [3.8, 4) is 6.07 Å². The monoisotopic (exact) mass is 296 g/mol. The number of rotatable bonds is 3. The van der Waals surface area contributed by atoms with Crippen LogP contribution in [0.1, 0.15) is 33.6 Å². The van der Waals surface area contributed by atoms with Crippen LogP contribution in [-0.4, -0.2) is 36.7 Å². The number of likely N-dealkylation sites (tertiary alicyclic amines) is 1. The molecule has 0 saturated carbocycles. The van der Waals surface area contributed by atoms with Gasteiger partial charge in [-0.1, -0.05) is 26.8 Å². The molecule has 21 heavy (non-hydrogen) atoms. The molecule has 0 radical (unpaired) electrons. The molecule has 1 aliphatic carbocycles. The van der Waals surface area contributed by atoms with Gasteiger partial charge in [-0.2, -0.15) is 5.26 Å². The van der Waals surface area contributed by atoms with E-state index in [4.69, 9.17) is 0 Å². The molecule has 1 fully saturated rings. The number of fused-ring (bicyclic) bond motifs is 1. The number of nitrogens with zero attached hydrogens (tertiary/aromatic N) is 2. The van der Waals surface area contributed by atoms with Crippen LogP contribution in [0.25, 0.3) is 0 Å². The molecule has 0 unspecified atom stereocenters. The Morgan fingerprint density at radius 3 is 2.71 bits per heavy atom. The fourth-order valence-corrected chi connectivity index (χ4v) is 4.18. The van der Waals surface area contributed by atoms with Crippen molar-refractivity contribution in [2.75, 3.05) is 19.6 Å². The highest BCUT2D eigenvalue weighted by atomic mass is 19.3. The van der Waals surface area contributed by atoms with E-state index >= 15 is 0 Å². The first kappa shape index (κ1) is 16.1. The fraction of sp³-hybridized carbons (Fsp3) is 0.750. The van der Waals surface area contributed by atoms with Gasteiger partial charge in [0.05, 0.1) is 12.1 Å². The number of piperidine rings is 1. The summed E-state index contributed by atoms with van der Waals surface area (Å²) in [6, 6.07) is 2.00. The summed E-state index contributed by atoms with van der Waals surface area (Å²) in [6.07, 6.45) is 0.879. The van der Waals surface area contributed by atoms with Gasteiger partial charge < -0.3 is 0 Å². The predicted octanol–water partition coefficient (Wildman–Crippen LogP) is 3.03. The summed E-state index contributed by atoms with van der Waals surface area (Å²) in [7, 11) is 0. The molecule has 0 aromatic heterocycles. The normalized spacial score (nSPS) is 32.5. The zero-order chi connectivity index (χ0) is 15.8. The van der Waals surface area contributed by atoms with E-state index in [1.807, 2.05) is 26.8 Å².